The van der Waals surface area contributed by atoms with Crippen LogP contribution in [0.5, 0.6) is 0 Å². The first kappa shape index (κ1) is 18.2. The summed E-state index contributed by atoms with van der Waals surface area (Å²) in [4.78, 5) is 30.4. The van der Waals surface area contributed by atoms with Gasteiger partial charge in [-0.2, -0.15) is 0 Å². The van der Waals surface area contributed by atoms with Gasteiger partial charge in [0.2, 0.25) is 5.91 Å². The first-order valence-electron chi connectivity index (χ1n) is 10.1. The number of fused-ring (bicyclic) bond motifs is 3. The van der Waals surface area contributed by atoms with Crippen molar-refractivity contribution in [1.82, 2.24) is 9.66 Å². The van der Waals surface area contributed by atoms with Gasteiger partial charge < -0.3 is 0 Å². The summed E-state index contributed by atoms with van der Waals surface area (Å²) in [6.07, 6.45) is 4.07. The van der Waals surface area contributed by atoms with Crippen molar-refractivity contribution < 1.29 is 4.79 Å². The molecule has 0 unspecified atom stereocenters. The van der Waals surface area contributed by atoms with E-state index >= 15 is 0 Å². The Morgan fingerprint density at radius 3 is 2.70 bits per heavy atom. The maximum absolute atomic E-state index is 13.0. The van der Waals surface area contributed by atoms with Gasteiger partial charge in [0.25, 0.3) is 5.56 Å². The highest BCUT2D eigenvalue weighted by Crippen LogP contribution is 2.61. The van der Waals surface area contributed by atoms with E-state index in [0.29, 0.717) is 40.4 Å². The fourth-order valence-corrected chi connectivity index (χ4v) is 5.26. The number of amides is 1. The van der Waals surface area contributed by atoms with Crippen molar-refractivity contribution in [1.29, 1.82) is 0 Å². The van der Waals surface area contributed by atoms with E-state index in [1.54, 1.807) is 6.07 Å². The Balaban J connectivity index is 1.59. The molecular formula is C22H29N3O2. The molecule has 1 aromatic heterocycles. The van der Waals surface area contributed by atoms with E-state index in [0.717, 1.165) is 12.3 Å². The van der Waals surface area contributed by atoms with Crippen LogP contribution < -0.4 is 11.0 Å². The van der Waals surface area contributed by atoms with Crippen LogP contribution in [0.4, 0.5) is 0 Å². The number of hydrogen-bond donors (Lipinski definition) is 1. The lowest BCUT2D eigenvalue weighted by atomic mass is 9.45. The van der Waals surface area contributed by atoms with Crippen LogP contribution in [0.25, 0.3) is 10.9 Å². The largest absolute Gasteiger partial charge is 0.280 e. The van der Waals surface area contributed by atoms with Crippen molar-refractivity contribution in [3.05, 3.63) is 40.4 Å². The van der Waals surface area contributed by atoms with Gasteiger partial charge in [-0.3, -0.25) is 15.0 Å². The molecule has 0 spiro atoms. The molecule has 3 aliphatic rings. The van der Waals surface area contributed by atoms with Crippen molar-refractivity contribution in [2.75, 3.05) is 5.43 Å². The fourth-order valence-electron chi connectivity index (χ4n) is 5.26. The molecule has 1 heterocycles. The fraction of sp³-hybridized carbons (Fsp3) is 0.591. The summed E-state index contributed by atoms with van der Waals surface area (Å²) < 4.78 is 1.37. The number of carbonyl (C=O) groups is 1. The van der Waals surface area contributed by atoms with E-state index < -0.39 is 0 Å². The number of rotatable bonds is 4. The zero-order valence-corrected chi connectivity index (χ0v) is 16.7. The molecule has 2 aromatic rings. The minimum Gasteiger partial charge on any atom is -0.273 e. The number of hydrogen-bond acceptors (Lipinski definition) is 3. The van der Waals surface area contributed by atoms with Crippen LogP contribution in [0.2, 0.25) is 0 Å². The first-order chi connectivity index (χ1) is 12.8. The average molecular weight is 367 g/mol. The molecule has 3 saturated carbocycles. The maximum atomic E-state index is 13.0. The van der Waals surface area contributed by atoms with Crippen molar-refractivity contribution in [3.63, 3.8) is 0 Å². The molecule has 144 valence electrons. The number of para-hydroxylation sites is 1. The smallest absolute Gasteiger partial charge is 0.273 e. The molecule has 0 radical (unpaired) electrons. The summed E-state index contributed by atoms with van der Waals surface area (Å²) in [5, 5.41) is 0.530. The van der Waals surface area contributed by atoms with E-state index in [1.165, 1.54) is 17.5 Å². The number of nitrogens with one attached hydrogen (secondary N) is 1. The van der Waals surface area contributed by atoms with Crippen molar-refractivity contribution in [2.24, 2.45) is 23.2 Å². The summed E-state index contributed by atoms with van der Waals surface area (Å²) in [7, 11) is 0. The van der Waals surface area contributed by atoms with E-state index in [4.69, 9.17) is 0 Å². The highest BCUT2D eigenvalue weighted by atomic mass is 16.2. The quantitative estimate of drug-likeness (QED) is 0.886. The lowest BCUT2D eigenvalue weighted by molar-refractivity contribution is -0.129. The van der Waals surface area contributed by atoms with E-state index in [9.17, 15) is 9.59 Å². The van der Waals surface area contributed by atoms with Crippen molar-refractivity contribution in [2.45, 2.75) is 59.3 Å². The van der Waals surface area contributed by atoms with Gasteiger partial charge >= 0.3 is 0 Å². The Kier molecular flexibility index (Phi) is 4.36. The highest BCUT2D eigenvalue weighted by molar-refractivity contribution is 5.85. The van der Waals surface area contributed by atoms with Crippen LogP contribution in [0.3, 0.4) is 0 Å². The van der Waals surface area contributed by atoms with Crippen LogP contribution in [-0.2, 0) is 4.79 Å². The topological polar surface area (TPSA) is 64.0 Å². The van der Waals surface area contributed by atoms with E-state index in [-0.39, 0.29) is 17.4 Å². The Labute approximate surface area is 160 Å². The summed E-state index contributed by atoms with van der Waals surface area (Å²) in [5.74, 6) is 2.40. The third-order valence-corrected chi connectivity index (χ3v) is 7.00. The summed E-state index contributed by atoms with van der Waals surface area (Å²) in [6, 6.07) is 7.30. The predicted molar refractivity (Wildman–Crippen MR) is 107 cm³/mol. The third-order valence-electron chi connectivity index (χ3n) is 7.00. The standard InChI is InChI=1S/C22H29N3O2/c1-13(2)20-23-18-8-6-5-7-16(18)21(27)25(20)24-19(26)11-14-9-10-15-12-17(14)22(15,3)4/h5-8,13-15,17H,9-12H2,1-4H3,(H,24,26)/t14-,15+,17+/m1/s1. The van der Waals surface area contributed by atoms with E-state index in [2.05, 4.69) is 24.3 Å². The molecule has 3 fully saturated rings. The Hall–Kier alpha value is -2.17. The van der Waals surface area contributed by atoms with Crippen LogP contribution >= 0.6 is 0 Å². The minimum atomic E-state index is -0.203. The Morgan fingerprint density at radius 1 is 1.30 bits per heavy atom. The molecule has 1 amide bonds. The normalized spacial score (nSPS) is 26.0. The summed E-state index contributed by atoms with van der Waals surface area (Å²) >= 11 is 0. The molecule has 3 aliphatic carbocycles. The van der Waals surface area contributed by atoms with Gasteiger partial charge in [-0.15, -0.1) is 0 Å². The van der Waals surface area contributed by atoms with Crippen LogP contribution in [0, 0.1) is 23.2 Å². The molecule has 5 rings (SSSR count). The van der Waals surface area contributed by atoms with Gasteiger partial charge in [-0.1, -0.05) is 39.8 Å². The number of benzene rings is 1. The van der Waals surface area contributed by atoms with Crippen LogP contribution in [-0.4, -0.2) is 15.6 Å². The zero-order chi connectivity index (χ0) is 19.3. The third kappa shape index (κ3) is 2.97. The number of carbonyl (C=O) groups excluding carboxylic acids is 1. The predicted octanol–water partition coefficient (Wildman–Crippen LogP) is 4.05. The van der Waals surface area contributed by atoms with Gasteiger partial charge in [0, 0.05) is 12.3 Å². The second-order valence-electron chi connectivity index (χ2n) is 9.22. The highest BCUT2D eigenvalue weighted by Gasteiger charge is 2.54. The molecule has 0 saturated heterocycles. The SMILES string of the molecule is CC(C)c1nc2ccccc2c(=O)n1NC(=O)C[C@H]1CC[C@H]2C[C@@H]1C2(C)C. The lowest BCUT2D eigenvalue weighted by Gasteiger charge is -2.60. The molecule has 2 bridgehead atoms. The molecule has 0 aliphatic heterocycles. The molecule has 1 N–H and O–H groups in total. The molecular weight excluding hydrogens is 338 g/mol. The Bertz CT molecular complexity index is 942. The lowest BCUT2D eigenvalue weighted by Crippen LogP contribution is -2.53. The van der Waals surface area contributed by atoms with E-state index in [1.807, 2.05) is 32.0 Å². The monoisotopic (exact) mass is 367 g/mol. The maximum Gasteiger partial charge on any atom is 0.280 e. The molecule has 27 heavy (non-hydrogen) atoms. The van der Waals surface area contributed by atoms with Gasteiger partial charge in [-0.05, 0) is 54.6 Å². The summed E-state index contributed by atoms with van der Waals surface area (Å²) in [6.45, 7) is 8.64. The zero-order valence-electron chi connectivity index (χ0n) is 16.7. The van der Waals surface area contributed by atoms with Gasteiger partial charge in [0.1, 0.15) is 5.82 Å². The average Bonchev–Trinajstić information content (AvgIpc) is 2.63. The van der Waals surface area contributed by atoms with Gasteiger partial charge in [0.15, 0.2) is 0 Å². The van der Waals surface area contributed by atoms with Crippen molar-refractivity contribution >= 4 is 16.8 Å². The second kappa shape index (κ2) is 6.47. The minimum absolute atomic E-state index is 0.0311. The molecule has 5 heteroatoms. The van der Waals surface area contributed by atoms with Gasteiger partial charge in [-0.25, -0.2) is 9.66 Å². The van der Waals surface area contributed by atoms with Crippen molar-refractivity contribution in [3.8, 4) is 0 Å². The Morgan fingerprint density at radius 2 is 2.04 bits per heavy atom. The van der Waals surface area contributed by atoms with Gasteiger partial charge in [0.05, 0.1) is 10.9 Å². The molecule has 3 atom stereocenters. The number of nitrogens with zero attached hydrogens (tertiary/aromatic N) is 2. The van der Waals surface area contributed by atoms with Crippen LogP contribution in [0.15, 0.2) is 29.1 Å². The summed E-state index contributed by atoms with van der Waals surface area (Å²) in [5.41, 5.74) is 3.69. The van der Waals surface area contributed by atoms with Crippen LogP contribution in [0.1, 0.15) is 65.1 Å². The molecule has 1 aromatic carbocycles. The first-order valence-corrected chi connectivity index (χ1v) is 10.1. The molecule has 5 nitrogen and oxygen atoms in total. The number of aromatic nitrogens is 2. The second-order valence-corrected chi connectivity index (χ2v) is 9.22.